The summed E-state index contributed by atoms with van der Waals surface area (Å²) < 4.78 is 0. The topological polar surface area (TPSA) is 49.4 Å². The fourth-order valence-corrected chi connectivity index (χ4v) is 3.24. The van der Waals surface area contributed by atoms with Crippen LogP contribution in [0.3, 0.4) is 0 Å². The molecule has 0 saturated carbocycles. The molecule has 0 fully saturated rings. The number of amides is 2. The summed E-state index contributed by atoms with van der Waals surface area (Å²) in [5.74, 6) is 0.142. The Balaban J connectivity index is 1.94. The van der Waals surface area contributed by atoms with E-state index in [0.717, 1.165) is 30.5 Å². The molecule has 1 aromatic carbocycles. The fraction of sp³-hybridized carbons (Fsp3) is 0.524. The Bertz CT molecular complexity index is 635. The first-order chi connectivity index (χ1) is 12.0. The number of hydrogen-bond acceptors (Lipinski definition) is 2. The molecular weight excluding hydrogens is 312 g/mol. The third-order valence-electron chi connectivity index (χ3n) is 4.72. The maximum absolute atomic E-state index is 12.4. The second-order valence-electron chi connectivity index (χ2n) is 7.09. The van der Waals surface area contributed by atoms with Crippen LogP contribution in [-0.2, 0) is 9.59 Å². The first kappa shape index (κ1) is 19.2. The molecule has 0 atom stereocenters. The molecule has 2 rings (SSSR count). The zero-order chi connectivity index (χ0) is 18.2. The molecule has 0 aliphatic heterocycles. The Labute approximate surface area is 151 Å². The van der Waals surface area contributed by atoms with Gasteiger partial charge in [-0.3, -0.25) is 9.59 Å². The van der Waals surface area contributed by atoms with Gasteiger partial charge in [0.15, 0.2) is 0 Å². The quantitative estimate of drug-likeness (QED) is 0.742. The SMILES string of the molecule is CC(=O)N(CCC1=CCCCC1)CC(=O)Nc1ccccc1C(C)C. The van der Waals surface area contributed by atoms with Crippen molar-refractivity contribution in [1.29, 1.82) is 0 Å². The largest absolute Gasteiger partial charge is 0.333 e. The van der Waals surface area contributed by atoms with Gasteiger partial charge in [0, 0.05) is 19.2 Å². The predicted octanol–water partition coefficient (Wildman–Crippen LogP) is 4.49. The fourth-order valence-electron chi connectivity index (χ4n) is 3.24. The van der Waals surface area contributed by atoms with Crippen molar-refractivity contribution in [1.82, 2.24) is 4.90 Å². The second kappa shape index (κ2) is 9.40. The van der Waals surface area contributed by atoms with Crippen LogP contribution in [-0.4, -0.2) is 29.8 Å². The normalized spacial score (nSPS) is 14.2. The first-order valence-corrected chi connectivity index (χ1v) is 9.29. The van der Waals surface area contributed by atoms with Crippen LogP contribution in [0, 0.1) is 0 Å². The summed E-state index contributed by atoms with van der Waals surface area (Å²) in [6.45, 7) is 6.45. The number of rotatable bonds is 7. The van der Waals surface area contributed by atoms with Gasteiger partial charge < -0.3 is 10.2 Å². The zero-order valence-corrected chi connectivity index (χ0v) is 15.7. The van der Waals surface area contributed by atoms with Crippen molar-refractivity contribution in [3.8, 4) is 0 Å². The lowest BCUT2D eigenvalue weighted by Gasteiger charge is -2.23. The Morgan fingerprint density at radius 1 is 1.20 bits per heavy atom. The van der Waals surface area contributed by atoms with E-state index in [2.05, 4.69) is 25.2 Å². The van der Waals surface area contributed by atoms with Gasteiger partial charge in [0.1, 0.15) is 0 Å². The number of carbonyl (C=O) groups excluding carboxylic acids is 2. The van der Waals surface area contributed by atoms with Crippen molar-refractivity contribution in [2.75, 3.05) is 18.4 Å². The van der Waals surface area contributed by atoms with Crippen LogP contribution in [0.15, 0.2) is 35.9 Å². The number of allylic oxidation sites excluding steroid dienone is 1. The summed E-state index contributed by atoms with van der Waals surface area (Å²) in [5.41, 5.74) is 3.36. The highest BCUT2D eigenvalue weighted by Gasteiger charge is 2.16. The highest BCUT2D eigenvalue weighted by molar-refractivity contribution is 5.95. The number of para-hydroxylation sites is 1. The van der Waals surface area contributed by atoms with Crippen LogP contribution in [0.2, 0.25) is 0 Å². The Kier molecular flexibility index (Phi) is 7.23. The van der Waals surface area contributed by atoms with Crippen LogP contribution in [0.4, 0.5) is 5.69 Å². The van der Waals surface area contributed by atoms with Crippen molar-refractivity contribution in [3.63, 3.8) is 0 Å². The molecule has 1 aromatic rings. The molecule has 1 N–H and O–H groups in total. The molecule has 0 unspecified atom stereocenters. The van der Waals surface area contributed by atoms with E-state index in [1.807, 2.05) is 24.3 Å². The number of benzene rings is 1. The molecule has 4 nitrogen and oxygen atoms in total. The Morgan fingerprint density at radius 3 is 2.60 bits per heavy atom. The summed E-state index contributed by atoms with van der Waals surface area (Å²) in [4.78, 5) is 26.0. The summed E-state index contributed by atoms with van der Waals surface area (Å²) in [6.07, 6.45) is 7.92. The molecule has 1 aliphatic rings. The van der Waals surface area contributed by atoms with Gasteiger partial charge in [-0.25, -0.2) is 0 Å². The van der Waals surface area contributed by atoms with E-state index < -0.39 is 0 Å². The number of nitrogens with one attached hydrogen (secondary N) is 1. The summed E-state index contributed by atoms with van der Waals surface area (Å²) in [7, 11) is 0. The zero-order valence-electron chi connectivity index (χ0n) is 15.7. The van der Waals surface area contributed by atoms with E-state index >= 15 is 0 Å². The van der Waals surface area contributed by atoms with Crippen LogP contribution in [0.25, 0.3) is 0 Å². The third-order valence-corrected chi connectivity index (χ3v) is 4.72. The number of hydrogen-bond donors (Lipinski definition) is 1. The smallest absolute Gasteiger partial charge is 0.244 e. The average molecular weight is 342 g/mol. The number of nitrogens with zero attached hydrogens (tertiary/aromatic N) is 1. The molecule has 4 heteroatoms. The maximum atomic E-state index is 12.4. The van der Waals surface area contributed by atoms with Gasteiger partial charge >= 0.3 is 0 Å². The highest BCUT2D eigenvalue weighted by Crippen LogP contribution is 2.24. The monoisotopic (exact) mass is 342 g/mol. The molecule has 0 spiro atoms. The van der Waals surface area contributed by atoms with Gasteiger partial charge in [0.05, 0.1) is 6.54 Å². The van der Waals surface area contributed by atoms with Crippen molar-refractivity contribution >= 4 is 17.5 Å². The second-order valence-corrected chi connectivity index (χ2v) is 7.09. The maximum Gasteiger partial charge on any atom is 0.244 e. The van der Waals surface area contributed by atoms with Gasteiger partial charge in [0.25, 0.3) is 0 Å². The summed E-state index contributed by atoms with van der Waals surface area (Å²) in [6, 6.07) is 7.83. The molecule has 0 aromatic heterocycles. The van der Waals surface area contributed by atoms with Gasteiger partial charge in [-0.2, -0.15) is 0 Å². The number of carbonyl (C=O) groups is 2. The van der Waals surface area contributed by atoms with Crippen molar-refractivity contribution in [2.24, 2.45) is 0 Å². The van der Waals surface area contributed by atoms with E-state index in [-0.39, 0.29) is 18.4 Å². The van der Waals surface area contributed by atoms with Gasteiger partial charge in [-0.05, 0) is 49.7 Å². The van der Waals surface area contributed by atoms with Crippen LogP contribution in [0.1, 0.15) is 64.4 Å². The molecule has 0 bridgehead atoms. The average Bonchev–Trinajstić information content (AvgIpc) is 2.59. The third kappa shape index (κ3) is 6.04. The lowest BCUT2D eigenvalue weighted by molar-refractivity contribution is -0.132. The van der Waals surface area contributed by atoms with Crippen molar-refractivity contribution < 1.29 is 9.59 Å². The van der Waals surface area contributed by atoms with Crippen molar-refractivity contribution in [2.45, 2.75) is 58.8 Å². The number of anilines is 1. The Morgan fingerprint density at radius 2 is 1.96 bits per heavy atom. The summed E-state index contributed by atoms with van der Waals surface area (Å²) >= 11 is 0. The minimum Gasteiger partial charge on any atom is -0.333 e. The highest BCUT2D eigenvalue weighted by atomic mass is 16.2. The predicted molar refractivity (Wildman–Crippen MR) is 103 cm³/mol. The van der Waals surface area contributed by atoms with Crippen LogP contribution < -0.4 is 5.32 Å². The summed E-state index contributed by atoms with van der Waals surface area (Å²) in [5, 5.41) is 2.97. The molecule has 0 radical (unpaired) electrons. The van der Waals surface area contributed by atoms with Gasteiger partial charge in [-0.15, -0.1) is 0 Å². The molecule has 0 heterocycles. The van der Waals surface area contributed by atoms with Crippen LogP contribution >= 0.6 is 0 Å². The molecule has 0 saturated heterocycles. The molecule has 136 valence electrons. The van der Waals surface area contributed by atoms with Gasteiger partial charge in [0.2, 0.25) is 11.8 Å². The van der Waals surface area contributed by atoms with E-state index in [1.165, 1.54) is 25.3 Å². The first-order valence-electron chi connectivity index (χ1n) is 9.29. The van der Waals surface area contributed by atoms with E-state index in [4.69, 9.17) is 0 Å². The lowest BCUT2D eigenvalue weighted by atomic mass is 9.97. The van der Waals surface area contributed by atoms with E-state index in [0.29, 0.717) is 12.5 Å². The molecule has 25 heavy (non-hydrogen) atoms. The van der Waals surface area contributed by atoms with E-state index in [9.17, 15) is 9.59 Å². The molecule has 1 aliphatic carbocycles. The minimum absolute atomic E-state index is 0.0521. The molecule has 2 amide bonds. The van der Waals surface area contributed by atoms with E-state index in [1.54, 1.807) is 4.90 Å². The van der Waals surface area contributed by atoms with Crippen molar-refractivity contribution in [3.05, 3.63) is 41.5 Å². The van der Waals surface area contributed by atoms with Crippen LogP contribution in [0.5, 0.6) is 0 Å². The standard InChI is InChI=1S/C21H30N2O2/c1-16(2)19-11-7-8-12-20(19)22-21(25)15-23(17(3)24)14-13-18-9-5-4-6-10-18/h7-9,11-12,16H,4-6,10,13-15H2,1-3H3,(H,22,25). The van der Waals surface area contributed by atoms with Gasteiger partial charge in [-0.1, -0.05) is 43.7 Å². The lowest BCUT2D eigenvalue weighted by Crippen LogP contribution is -2.37. The Hall–Kier alpha value is -2.10. The molecular formula is C21H30N2O2. The minimum atomic E-state index is -0.138.